The molecule has 2 unspecified atom stereocenters. The molecular formula is C27H31N3O7. The van der Waals surface area contributed by atoms with Crippen LogP contribution in [-0.4, -0.2) is 77.6 Å². The number of phenolic OH excluding ortho intramolecular Hbond substituents is 2. The van der Waals surface area contributed by atoms with E-state index in [1.54, 1.807) is 6.92 Å². The van der Waals surface area contributed by atoms with Crippen molar-refractivity contribution in [2.24, 2.45) is 0 Å². The number of hydrogen-bond acceptors (Lipinski definition) is 10. The molecule has 4 aliphatic rings. The summed E-state index contributed by atoms with van der Waals surface area (Å²) >= 11 is 0. The highest BCUT2D eigenvalue weighted by atomic mass is 16.7. The number of nitriles is 1. The van der Waals surface area contributed by atoms with Gasteiger partial charge in [-0.25, -0.2) is 0 Å². The van der Waals surface area contributed by atoms with Crippen molar-refractivity contribution in [2.45, 2.75) is 56.9 Å². The second kappa shape index (κ2) is 8.67. The van der Waals surface area contributed by atoms with Gasteiger partial charge in [0.15, 0.2) is 29.8 Å². The molecule has 1 saturated heterocycles. The molecule has 0 saturated carbocycles. The lowest BCUT2D eigenvalue weighted by atomic mass is 9.71. The maximum absolute atomic E-state index is 11.3. The average Bonchev–Trinajstić information content (AvgIpc) is 3.38. The zero-order valence-corrected chi connectivity index (χ0v) is 21.3. The Morgan fingerprint density at radius 2 is 1.86 bits per heavy atom. The largest absolute Gasteiger partial charge is 0.507 e. The van der Waals surface area contributed by atoms with Gasteiger partial charge >= 0.3 is 0 Å². The Morgan fingerprint density at radius 3 is 2.57 bits per heavy atom. The first-order valence-corrected chi connectivity index (χ1v) is 12.4. The predicted molar refractivity (Wildman–Crippen MR) is 131 cm³/mol. The van der Waals surface area contributed by atoms with Gasteiger partial charge in [0.25, 0.3) is 0 Å². The van der Waals surface area contributed by atoms with Crippen molar-refractivity contribution in [2.75, 3.05) is 34.4 Å². The van der Waals surface area contributed by atoms with Crippen LogP contribution in [0.2, 0.25) is 0 Å². The smallest absolute Gasteiger partial charge is 0.231 e. The third-order valence-corrected chi connectivity index (χ3v) is 8.59. The molecule has 196 valence electrons. The predicted octanol–water partition coefficient (Wildman–Crippen LogP) is 2.19. The van der Waals surface area contributed by atoms with Crippen LogP contribution in [0.4, 0.5) is 0 Å². The highest BCUT2D eigenvalue weighted by molar-refractivity contribution is 5.66. The number of methoxy groups -OCH3 is 1. The number of aromatic hydroxyl groups is 2. The molecule has 2 bridgehead atoms. The van der Waals surface area contributed by atoms with E-state index in [2.05, 4.69) is 15.9 Å². The summed E-state index contributed by atoms with van der Waals surface area (Å²) in [5.41, 5.74) is 4.53. The summed E-state index contributed by atoms with van der Waals surface area (Å²) in [6.07, 6.45) is 0.989. The minimum absolute atomic E-state index is 0.0237. The summed E-state index contributed by atoms with van der Waals surface area (Å²) < 4.78 is 22.6. The molecule has 0 aliphatic carbocycles. The highest BCUT2D eigenvalue weighted by Gasteiger charge is 2.56. The number of piperazine rings is 1. The normalized spacial score (nSPS) is 27.7. The topological polar surface area (TPSA) is 128 Å². The van der Waals surface area contributed by atoms with E-state index in [-0.39, 0.29) is 49.8 Å². The molecule has 6 rings (SSSR count). The fourth-order valence-electron chi connectivity index (χ4n) is 7.02. The van der Waals surface area contributed by atoms with Crippen LogP contribution in [0, 0.1) is 25.2 Å². The third kappa shape index (κ3) is 3.18. The first-order chi connectivity index (χ1) is 17.8. The van der Waals surface area contributed by atoms with E-state index in [4.69, 9.17) is 18.9 Å². The minimum Gasteiger partial charge on any atom is -0.507 e. The summed E-state index contributed by atoms with van der Waals surface area (Å²) in [6, 6.07) is 2.66. The van der Waals surface area contributed by atoms with Crippen molar-refractivity contribution in [3.05, 3.63) is 39.4 Å². The van der Waals surface area contributed by atoms with Crippen molar-refractivity contribution < 1.29 is 34.3 Å². The van der Waals surface area contributed by atoms with Crippen LogP contribution >= 0.6 is 0 Å². The van der Waals surface area contributed by atoms with Crippen LogP contribution in [-0.2, 0) is 17.6 Å². The molecule has 10 heteroatoms. The van der Waals surface area contributed by atoms with Gasteiger partial charge in [-0.2, -0.15) is 5.26 Å². The number of aliphatic hydroxyl groups excluding tert-OH is 1. The second-order valence-corrected chi connectivity index (χ2v) is 10.3. The van der Waals surface area contributed by atoms with Crippen molar-refractivity contribution >= 4 is 0 Å². The Morgan fingerprint density at radius 1 is 1.11 bits per heavy atom. The molecule has 2 aromatic rings. The quantitative estimate of drug-likeness (QED) is 0.528. The Bertz CT molecular complexity index is 1320. The van der Waals surface area contributed by atoms with Gasteiger partial charge in [-0.1, -0.05) is 6.07 Å². The first kappa shape index (κ1) is 24.1. The Hall–Kier alpha value is -3.23. The summed E-state index contributed by atoms with van der Waals surface area (Å²) in [6.45, 7) is 3.37. The number of aliphatic hydroxyl groups is 1. The molecule has 0 spiro atoms. The van der Waals surface area contributed by atoms with E-state index in [0.717, 1.165) is 11.1 Å². The molecule has 3 N–H and O–H groups in total. The van der Waals surface area contributed by atoms with Crippen molar-refractivity contribution in [3.8, 4) is 34.8 Å². The van der Waals surface area contributed by atoms with Gasteiger partial charge < -0.3 is 34.3 Å². The standard InChI is InChI=1S/C27H31N3O7/c1-12-5-14-6-16-18(8-28)30-17(22(29(16)3)20(14)26(23(12)32)35-10-34-4)7-15-21(19(30)9-31)27-25(36-11-37-27)13(2)24(15)33/h5,16-19,22,31-33H,6-7,9-11H2,1-4H3/t16?,17-,18-,19-,22?/m0/s1. The molecule has 0 amide bonds. The summed E-state index contributed by atoms with van der Waals surface area (Å²) in [4.78, 5) is 4.26. The summed E-state index contributed by atoms with van der Waals surface area (Å²) in [5.74, 6) is 1.57. The highest BCUT2D eigenvalue weighted by Crippen LogP contribution is 2.58. The van der Waals surface area contributed by atoms with Gasteiger partial charge in [-0.05, 0) is 44.9 Å². The van der Waals surface area contributed by atoms with Crippen LogP contribution in [0.3, 0.4) is 0 Å². The SMILES string of the molecule is COCOc1c(O)c(C)cc2c1C1[C@@H]3Cc4c(O)c(C)c5c(c4[C@H](CO)N3[C@@H](C#N)C(C2)N1C)OCO5. The molecule has 5 atom stereocenters. The molecule has 0 aromatic heterocycles. The molecule has 2 aromatic carbocycles. The van der Waals surface area contributed by atoms with E-state index in [0.29, 0.717) is 52.3 Å². The van der Waals surface area contributed by atoms with Crippen LogP contribution < -0.4 is 14.2 Å². The van der Waals surface area contributed by atoms with Gasteiger partial charge in [0, 0.05) is 41.4 Å². The summed E-state index contributed by atoms with van der Waals surface area (Å²) in [7, 11) is 3.52. The molecule has 0 radical (unpaired) electrons. The van der Waals surface area contributed by atoms with E-state index in [1.807, 2.05) is 20.0 Å². The number of fused-ring (bicyclic) bond motifs is 9. The lowest BCUT2D eigenvalue weighted by Crippen LogP contribution is -2.68. The minimum atomic E-state index is -0.581. The number of hydrogen-bond donors (Lipinski definition) is 3. The number of nitrogens with zero attached hydrogens (tertiary/aromatic N) is 3. The molecule has 4 aliphatic heterocycles. The number of benzene rings is 2. The van der Waals surface area contributed by atoms with E-state index >= 15 is 0 Å². The summed E-state index contributed by atoms with van der Waals surface area (Å²) in [5, 5.41) is 43.5. The number of rotatable bonds is 4. The zero-order valence-electron chi connectivity index (χ0n) is 21.3. The molecular weight excluding hydrogens is 478 g/mol. The Kier molecular flexibility index (Phi) is 5.65. The first-order valence-electron chi connectivity index (χ1n) is 12.4. The van der Waals surface area contributed by atoms with Gasteiger partial charge in [-0.3, -0.25) is 9.80 Å². The fourth-order valence-corrected chi connectivity index (χ4v) is 7.02. The van der Waals surface area contributed by atoms with Gasteiger partial charge in [0.1, 0.15) is 11.8 Å². The molecule has 37 heavy (non-hydrogen) atoms. The van der Waals surface area contributed by atoms with Crippen LogP contribution in [0.25, 0.3) is 0 Å². The number of aryl methyl sites for hydroxylation is 1. The zero-order chi connectivity index (χ0) is 26.2. The lowest BCUT2D eigenvalue weighted by Gasteiger charge is -2.59. The monoisotopic (exact) mass is 509 g/mol. The molecule has 4 heterocycles. The van der Waals surface area contributed by atoms with Crippen molar-refractivity contribution in [1.82, 2.24) is 9.80 Å². The van der Waals surface area contributed by atoms with Gasteiger partial charge in [0.2, 0.25) is 6.79 Å². The van der Waals surface area contributed by atoms with Gasteiger partial charge in [0.05, 0.1) is 24.8 Å². The maximum Gasteiger partial charge on any atom is 0.231 e. The Labute approximate surface area is 215 Å². The number of ether oxygens (including phenoxy) is 4. The number of likely N-dealkylation sites (N-methyl/N-ethyl adjacent to an activating group) is 1. The van der Waals surface area contributed by atoms with Crippen molar-refractivity contribution in [1.29, 1.82) is 5.26 Å². The van der Waals surface area contributed by atoms with Crippen LogP contribution in [0.5, 0.6) is 28.7 Å². The fraction of sp³-hybridized carbons (Fsp3) is 0.519. The molecule has 10 nitrogen and oxygen atoms in total. The molecule has 1 fully saturated rings. The second-order valence-electron chi connectivity index (χ2n) is 10.3. The maximum atomic E-state index is 11.3. The van der Waals surface area contributed by atoms with Gasteiger partial charge in [-0.15, -0.1) is 0 Å². The van der Waals surface area contributed by atoms with Crippen LogP contribution in [0.1, 0.15) is 45.5 Å². The average molecular weight is 510 g/mol. The number of phenols is 2. The van der Waals surface area contributed by atoms with E-state index < -0.39 is 12.1 Å². The Balaban J connectivity index is 1.59. The van der Waals surface area contributed by atoms with E-state index in [1.165, 1.54) is 7.11 Å². The van der Waals surface area contributed by atoms with Crippen LogP contribution in [0.15, 0.2) is 6.07 Å². The lowest BCUT2D eigenvalue weighted by molar-refractivity contribution is -0.0832. The van der Waals surface area contributed by atoms with Crippen molar-refractivity contribution in [3.63, 3.8) is 0 Å². The third-order valence-electron chi connectivity index (χ3n) is 8.59. The van der Waals surface area contributed by atoms with E-state index in [9.17, 15) is 20.6 Å².